The standard InChI is InChI=1S/C10H9N3O2S/c14-9(13-10-12-4-5-16-10)7-15-8-2-1-3-11-6-8/h1-6H,7H2,(H,12,13,14). The van der Waals surface area contributed by atoms with Gasteiger partial charge in [-0.1, -0.05) is 0 Å². The summed E-state index contributed by atoms with van der Waals surface area (Å²) in [7, 11) is 0. The lowest BCUT2D eigenvalue weighted by atomic mass is 10.5. The molecule has 2 aromatic rings. The summed E-state index contributed by atoms with van der Waals surface area (Å²) in [6.45, 7) is -0.0503. The Morgan fingerprint density at radius 1 is 1.50 bits per heavy atom. The maximum absolute atomic E-state index is 11.4. The average Bonchev–Trinajstić information content (AvgIpc) is 2.81. The number of nitrogens with zero attached hydrogens (tertiary/aromatic N) is 2. The van der Waals surface area contributed by atoms with Crippen molar-refractivity contribution in [3.05, 3.63) is 36.1 Å². The molecule has 5 nitrogen and oxygen atoms in total. The number of aromatic nitrogens is 2. The van der Waals surface area contributed by atoms with Crippen LogP contribution in [0.4, 0.5) is 5.13 Å². The van der Waals surface area contributed by atoms with Gasteiger partial charge in [-0.3, -0.25) is 15.1 Å². The molecule has 0 aromatic carbocycles. The van der Waals surface area contributed by atoms with Crippen LogP contribution >= 0.6 is 11.3 Å². The van der Waals surface area contributed by atoms with Gasteiger partial charge in [0.25, 0.3) is 5.91 Å². The van der Waals surface area contributed by atoms with Crippen molar-refractivity contribution in [2.75, 3.05) is 11.9 Å². The zero-order chi connectivity index (χ0) is 11.2. The van der Waals surface area contributed by atoms with Crippen molar-refractivity contribution in [2.24, 2.45) is 0 Å². The number of carbonyl (C=O) groups excluding carboxylic acids is 1. The van der Waals surface area contributed by atoms with Gasteiger partial charge in [-0.15, -0.1) is 11.3 Å². The molecule has 1 amide bonds. The molecule has 16 heavy (non-hydrogen) atoms. The number of rotatable bonds is 4. The van der Waals surface area contributed by atoms with Gasteiger partial charge in [0.1, 0.15) is 5.75 Å². The zero-order valence-corrected chi connectivity index (χ0v) is 9.11. The molecule has 0 saturated heterocycles. The van der Waals surface area contributed by atoms with Crippen LogP contribution in [0.25, 0.3) is 0 Å². The largest absolute Gasteiger partial charge is 0.482 e. The van der Waals surface area contributed by atoms with Gasteiger partial charge in [0.2, 0.25) is 0 Å². The molecule has 0 aliphatic rings. The van der Waals surface area contributed by atoms with Gasteiger partial charge < -0.3 is 4.74 Å². The fourth-order valence-corrected chi connectivity index (χ4v) is 1.57. The molecular formula is C10H9N3O2S. The van der Waals surface area contributed by atoms with Crippen molar-refractivity contribution in [3.8, 4) is 5.75 Å². The number of pyridine rings is 1. The number of carbonyl (C=O) groups is 1. The lowest BCUT2D eigenvalue weighted by Crippen LogP contribution is -2.19. The minimum absolute atomic E-state index is 0.0503. The Morgan fingerprint density at radius 2 is 2.44 bits per heavy atom. The van der Waals surface area contributed by atoms with Gasteiger partial charge in [-0.2, -0.15) is 0 Å². The SMILES string of the molecule is O=C(COc1cccnc1)Nc1nccs1. The molecule has 0 bridgehead atoms. The number of hydrogen-bond acceptors (Lipinski definition) is 5. The summed E-state index contributed by atoms with van der Waals surface area (Å²) in [4.78, 5) is 19.2. The van der Waals surface area contributed by atoms with Crippen LogP contribution in [0.2, 0.25) is 0 Å². The summed E-state index contributed by atoms with van der Waals surface area (Å²) in [5, 5.41) is 4.97. The Bertz CT molecular complexity index is 444. The average molecular weight is 235 g/mol. The summed E-state index contributed by atoms with van der Waals surface area (Å²) < 4.78 is 5.22. The van der Waals surface area contributed by atoms with Crippen molar-refractivity contribution >= 4 is 22.4 Å². The van der Waals surface area contributed by atoms with Crippen molar-refractivity contribution in [1.82, 2.24) is 9.97 Å². The molecule has 0 radical (unpaired) electrons. The third kappa shape index (κ3) is 3.03. The number of hydrogen-bond donors (Lipinski definition) is 1. The molecule has 82 valence electrons. The molecule has 0 aliphatic carbocycles. The van der Waals surface area contributed by atoms with E-state index in [1.165, 1.54) is 11.3 Å². The van der Waals surface area contributed by atoms with E-state index in [0.29, 0.717) is 10.9 Å². The maximum atomic E-state index is 11.4. The summed E-state index contributed by atoms with van der Waals surface area (Å²) in [6, 6.07) is 3.48. The Morgan fingerprint density at radius 3 is 3.12 bits per heavy atom. The summed E-state index contributed by atoms with van der Waals surface area (Å²) in [5.41, 5.74) is 0. The highest BCUT2D eigenvalue weighted by atomic mass is 32.1. The highest BCUT2D eigenvalue weighted by Crippen LogP contribution is 2.10. The second-order valence-electron chi connectivity index (χ2n) is 2.86. The second kappa shape index (κ2) is 5.22. The topological polar surface area (TPSA) is 64.1 Å². The summed E-state index contributed by atoms with van der Waals surface area (Å²) in [6.07, 6.45) is 4.82. The molecule has 0 unspecified atom stereocenters. The molecule has 0 fully saturated rings. The predicted octanol–water partition coefficient (Wildman–Crippen LogP) is 1.56. The summed E-state index contributed by atoms with van der Waals surface area (Å²) in [5.74, 6) is 0.329. The van der Waals surface area contributed by atoms with Gasteiger partial charge in [-0.05, 0) is 12.1 Å². The van der Waals surface area contributed by atoms with Gasteiger partial charge in [0.05, 0.1) is 6.20 Å². The molecule has 0 spiro atoms. The molecule has 2 heterocycles. The molecule has 2 rings (SSSR count). The molecular weight excluding hydrogens is 226 g/mol. The maximum Gasteiger partial charge on any atom is 0.264 e. The van der Waals surface area contributed by atoms with Crippen LogP contribution in [0.15, 0.2) is 36.1 Å². The van der Waals surface area contributed by atoms with E-state index < -0.39 is 0 Å². The lowest BCUT2D eigenvalue weighted by Gasteiger charge is -2.04. The van der Waals surface area contributed by atoms with Crippen LogP contribution < -0.4 is 10.1 Å². The quantitative estimate of drug-likeness (QED) is 0.873. The van der Waals surface area contributed by atoms with Gasteiger partial charge in [0.15, 0.2) is 11.7 Å². The highest BCUT2D eigenvalue weighted by Gasteiger charge is 2.04. The van der Waals surface area contributed by atoms with Crippen molar-refractivity contribution in [3.63, 3.8) is 0 Å². The molecule has 0 atom stereocenters. The van der Waals surface area contributed by atoms with Crippen LogP contribution in [0.1, 0.15) is 0 Å². The fraction of sp³-hybridized carbons (Fsp3) is 0.100. The third-order valence-corrected chi connectivity index (χ3v) is 2.37. The van der Waals surface area contributed by atoms with Gasteiger partial charge in [0, 0.05) is 17.8 Å². The van der Waals surface area contributed by atoms with Crippen LogP contribution in [0, 0.1) is 0 Å². The smallest absolute Gasteiger partial charge is 0.264 e. The van der Waals surface area contributed by atoms with Crippen LogP contribution in [-0.4, -0.2) is 22.5 Å². The first-order valence-electron chi connectivity index (χ1n) is 4.57. The van der Waals surface area contributed by atoms with E-state index in [1.807, 2.05) is 0 Å². The van der Waals surface area contributed by atoms with Gasteiger partial charge >= 0.3 is 0 Å². The fourth-order valence-electron chi connectivity index (χ4n) is 1.02. The normalized spacial score (nSPS) is 9.75. The number of thiazole rings is 1. The first kappa shape index (κ1) is 10.6. The van der Waals surface area contributed by atoms with Crippen molar-refractivity contribution in [2.45, 2.75) is 0 Å². The molecule has 0 aliphatic heterocycles. The molecule has 1 N–H and O–H groups in total. The van der Waals surface area contributed by atoms with Crippen LogP contribution in [0.3, 0.4) is 0 Å². The van der Waals surface area contributed by atoms with Crippen molar-refractivity contribution < 1.29 is 9.53 Å². The van der Waals surface area contributed by atoms with Crippen LogP contribution in [0.5, 0.6) is 5.75 Å². The number of nitrogens with one attached hydrogen (secondary N) is 1. The van der Waals surface area contributed by atoms with E-state index in [0.717, 1.165) is 0 Å². The summed E-state index contributed by atoms with van der Waals surface area (Å²) >= 11 is 1.36. The zero-order valence-electron chi connectivity index (χ0n) is 8.29. The van der Waals surface area contributed by atoms with E-state index in [2.05, 4.69) is 15.3 Å². The lowest BCUT2D eigenvalue weighted by molar-refractivity contribution is -0.118. The number of ether oxygens (including phenoxy) is 1. The first-order chi connectivity index (χ1) is 7.84. The Kier molecular flexibility index (Phi) is 3.45. The first-order valence-corrected chi connectivity index (χ1v) is 5.45. The van der Waals surface area contributed by atoms with Crippen LogP contribution in [-0.2, 0) is 4.79 Å². The number of anilines is 1. The van der Waals surface area contributed by atoms with E-state index in [4.69, 9.17) is 4.74 Å². The second-order valence-corrected chi connectivity index (χ2v) is 3.76. The highest BCUT2D eigenvalue weighted by molar-refractivity contribution is 7.13. The van der Waals surface area contributed by atoms with Crippen molar-refractivity contribution in [1.29, 1.82) is 0 Å². The molecule has 6 heteroatoms. The molecule has 0 saturated carbocycles. The Balaban J connectivity index is 1.80. The minimum Gasteiger partial charge on any atom is -0.482 e. The van der Waals surface area contributed by atoms with E-state index in [1.54, 1.807) is 36.1 Å². The minimum atomic E-state index is -0.237. The predicted molar refractivity (Wildman–Crippen MR) is 60.5 cm³/mol. The van der Waals surface area contributed by atoms with E-state index >= 15 is 0 Å². The number of amides is 1. The monoisotopic (exact) mass is 235 g/mol. The van der Waals surface area contributed by atoms with Gasteiger partial charge in [-0.25, -0.2) is 4.98 Å². The third-order valence-electron chi connectivity index (χ3n) is 1.68. The van der Waals surface area contributed by atoms with E-state index in [9.17, 15) is 4.79 Å². The van der Waals surface area contributed by atoms with E-state index in [-0.39, 0.29) is 12.5 Å². The molecule has 2 aromatic heterocycles. The Hall–Kier alpha value is -1.95. The Labute approximate surface area is 96.1 Å².